The summed E-state index contributed by atoms with van der Waals surface area (Å²) >= 11 is 0. The van der Waals surface area contributed by atoms with E-state index in [1.807, 2.05) is 38.1 Å². The van der Waals surface area contributed by atoms with Gasteiger partial charge >= 0.3 is 0 Å². The minimum Gasteiger partial charge on any atom is -0.497 e. The Bertz CT molecular complexity index is 1190. The number of ether oxygens (including phenoxy) is 1. The number of hydrogen-bond acceptors (Lipinski definition) is 4. The maximum absolute atomic E-state index is 12.8. The Hall–Kier alpha value is -3.32. The molecule has 3 aromatic rings. The zero-order chi connectivity index (χ0) is 22.6. The predicted octanol–water partition coefficient (Wildman–Crippen LogP) is 4.60. The fourth-order valence-corrected chi connectivity index (χ4v) is 4.38. The summed E-state index contributed by atoms with van der Waals surface area (Å²) in [7, 11) is -2.30. The van der Waals surface area contributed by atoms with Crippen molar-refractivity contribution in [1.29, 1.82) is 0 Å². The van der Waals surface area contributed by atoms with Crippen LogP contribution in [0.3, 0.4) is 0 Å². The van der Waals surface area contributed by atoms with Crippen LogP contribution in [0.2, 0.25) is 0 Å². The zero-order valence-corrected chi connectivity index (χ0v) is 18.8. The molecule has 0 bridgehead atoms. The van der Waals surface area contributed by atoms with Crippen molar-refractivity contribution in [3.05, 3.63) is 89.0 Å². The summed E-state index contributed by atoms with van der Waals surface area (Å²) in [5.41, 5.74) is 3.56. The van der Waals surface area contributed by atoms with Gasteiger partial charge in [0.2, 0.25) is 0 Å². The number of hydrogen-bond donors (Lipinski definition) is 2. The smallest absolute Gasteiger partial charge is 0.261 e. The molecule has 3 aromatic carbocycles. The quantitative estimate of drug-likeness (QED) is 0.564. The normalized spacial score (nSPS) is 12.1. The predicted molar refractivity (Wildman–Crippen MR) is 122 cm³/mol. The third kappa shape index (κ3) is 5.24. The largest absolute Gasteiger partial charge is 0.497 e. The van der Waals surface area contributed by atoms with Crippen molar-refractivity contribution in [2.24, 2.45) is 0 Å². The molecule has 0 aromatic heterocycles. The summed E-state index contributed by atoms with van der Waals surface area (Å²) in [5.74, 6) is 0.289. The maximum atomic E-state index is 12.8. The van der Waals surface area contributed by atoms with Crippen LogP contribution < -0.4 is 14.8 Å². The fourth-order valence-electron chi connectivity index (χ4n) is 3.26. The molecule has 0 aliphatic rings. The molecule has 0 aliphatic heterocycles. The van der Waals surface area contributed by atoms with E-state index in [4.69, 9.17) is 4.74 Å². The van der Waals surface area contributed by atoms with Crippen molar-refractivity contribution < 1.29 is 17.9 Å². The number of carbonyl (C=O) groups excluding carboxylic acids is 1. The number of rotatable bonds is 7. The lowest BCUT2D eigenvalue weighted by atomic mass is 10.0. The first-order valence-electron chi connectivity index (χ1n) is 9.85. The van der Waals surface area contributed by atoms with Crippen molar-refractivity contribution in [1.82, 2.24) is 5.32 Å². The van der Waals surface area contributed by atoms with Gasteiger partial charge < -0.3 is 10.1 Å². The summed E-state index contributed by atoms with van der Waals surface area (Å²) in [5, 5.41) is 2.98. The van der Waals surface area contributed by atoms with Gasteiger partial charge in [-0.3, -0.25) is 9.52 Å². The number of amides is 1. The zero-order valence-electron chi connectivity index (χ0n) is 18.0. The van der Waals surface area contributed by atoms with Gasteiger partial charge in [-0.2, -0.15) is 0 Å². The van der Waals surface area contributed by atoms with Crippen molar-refractivity contribution >= 4 is 21.6 Å². The van der Waals surface area contributed by atoms with Crippen LogP contribution in [-0.2, 0) is 10.0 Å². The summed E-state index contributed by atoms with van der Waals surface area (Å²) in [4.78, 5) is 12.9. The van der Waals surface area contributed by atoms with E-state index in [1.165, 1.54) is 19.2 Å². The summed E-state index contributed by atoms with van der Waals surface area (Å²) in [6.07, 6.45) is 0. The maximum Gasteiger partial charge on any atom is 0.261 e. The van der Waals surface area contributed by atoms with Crippen molar-refractivity contribution in [3.63, 3.8) is 0 Å². The van der Waals surface area contributed by atoms with Crippen LogP contribution in [0.1, 0.15) is 40.0 Å². The summed E-state index contributed by atoms with van der Waals surface area (Å²) in [6.45, 7) is 5.70. The Morgan fingerprint density at radius 3 is 2.26 bits per heavy atom. The molecule has 3 rings (SSSR count). The van der Waals surface area contributed by atoms with E-state index in [0.717, 1.165) is 11.1 Å². The third-order valence-corrected chi connectivity index (χ3v) is 6.50. The number of nitrogens with one attached hydrogen (secondary N) is 2. The van der Waals surface area contributed by atoms with E-state index in [1.54, 1.807) is 37.3 Å². The summed E-state index contributed by atoms with van der Waals surface area (Å²) < 4.78 is 33.2. The molecule has 1 unspecified atom stereocenters. The highest BCUT2D eigenvalue weighted by Crippen LogP contribution is 2.24. The van der Waals surface area contributed by atoms with Gasteiger partial charge in [0.1, 0.15) is 5.75 Å². The summed E-state index contributed by atoms with van der Waals surface area (Å²) in [6, 6.07) is 18.7. The Kier molecular flexibility index (Phi) is 6.65. The highest BCUT2D eigenvalue weighted by Gasteiger charge is 2.18. The minimum absolute atomic E-state index is 0.107. The van der Waals surface area contributed by atoms with E-state index < -0.39 is 10.0 Å². The van der Waals surface area contributed by atoms with Gasteiger partial charge in [0.05, 0.1) is 23.7 Å². The van der Waals surface area contributed by atoms with Gasteiger partial charge in [-0.15, -0.1) is 0 Å². The second-order valence-corrected chi connectivity index (χ2v) is 9.04. The number of aryl methyl sites for hydroxylation is 2. The van der Waals surface area contributed by atoms with Gasteiger partial charge in [-0.05, 0) is 73.9 Å². The first kappa shape index (κ1) is 22.4. The van der Waals surface area contributed by atoms with E-state index >= 15 is 0 Å². The second kappa shape index (κ2) is 9.22. The van der Waals surface area contributed by atoms with E-state index in [-0.39, 0.29) is 16.8 Å². The molecule has 162 valence electrons. The Morgan fingerprint density at radius 1 is 0.935 bits per heavy atom. The molecule has 6 nitrogen and oxygen atoms in total. The standard InChI is InChI=1S/C24H26N2O4S/c1-16-7-5-6-8-22(16)18(3)25-24(27)19-10-9-17(2)23(15-19)26-31(28,29)21-13-11-20(30-4)12-14-21/h5-15,18,26H,1-4H3,(H,25,27). The van der Waals surface area contributed by atoms with Crippen LogP contribution in [0.5, 0.6) is 5.75 Å². The van der Waals surface area contributed by atoms with Gasteiger partial charge in [0.15, 0.2) is 0 Å². The SMILES string of the molecule is COc1ccc(S(=O)(=O)Nc2cc(C(=O)NC(C)c3ccccc3C)ccc2C)cc1. The van der Waals surface area contributed by atoms with Gasteiger partial charge in [0.25, 0.3) is 15.9 Å². The second-order valence-electron chi connectivity index (χ2n) is 7.36. The molecule has 31 heavy (non-hydrogen) atoms. The van der Waals surface area contributed by atoms with Crippen LogP contribution in [0.25, 0.3) is 0 Å². The number of anilines is 1. The molecule has 1 amide bonds. The average molecular weight is 439 g/mol. The van der Waals surface area contributed by atoms with Crippen LogP contribution in [0.4, 0.5) is 5.69 Å². The molecule has 1 atom stereocenters. The highest BCUT2D eigenvalue weighted by atomic mass is 32.2. The Balaban J connectivity index is 1.80. The lowest BCUT2D eigenvalue weighted by Crippen LogP contribution is -2.27. The van der Waals surface area contributed by atoms with Crippen molar-refractivity contribution in [2.45, 2.75) is 31.7 Å². The van der Waals surface area contributed by atoms with Crippen LogP contribution in [0.15, 0.2) is 71.6 Å². The van der Waals surface area contributed by atoms with Gasteiger partial charge in [-0.25, -0.2) is 8.42 Å². The molecule has 0 saturated carbocycles. The molecule has 0 spiro atoms. The van der Waals surface area contributed by atoms with Gasteiger partial charge in [0, 0.05) is 5.56 Å². The molecule has 0 fully saturated rings. The Labute approximate surface area is 183 Å². The molecule has 0 saturated heterocycles. The molecule has 0 aliphatic carbocycles. The van der Waals surface area contributed by atoms with Crippen molar-refractivity contribution in [2.75, 3.05) is 11.8 Å². The van der Waals surface area contributed by atoms with Crippen LogP contribution in [0, 0.1) is 13.8 Å². The average Bonchev–Trinajstić information content (AvgIpc) is 2.75. The minimum atomic E-state index is -3.81. The molecule has 0 heterocycles. The number of benzene rings is 3. The van der Waals surface area contributed by atoms with Crippen molar-refractivity contribution in [3.8, 4) is 5.75 Å². The molecule has 0 radical (unpaired) electrons. The lowest BCUT2D eigenvalue weighted by Gasteiger charge is -2.17. The third-order valence-electron chi connectivity index (χ3n) is 5.12. The Morgan fingerprint density at radius 2 is 1.61 bits per heavy atom. The number of sulfonamides is 1. The molecule has 2 N–H and O–H groups in total. The number of carbonyl (C=O) groups is 1. The number of methoxy groups -OCH3 is 1. The van der Waals surface area contributed by atoms with Crippen LogP contribution in [-0.4, -0.2) is 21.4 Å². The first-order chi connectivity index (χ1) is 14.7. The topological polar surface area (TPSA) is 84.5 Å². The molecule has 7 heteroatoms. The molecular formula is C24H26N2O4S. The monoisotopic (exact) mass is 438 g/mol. The van der Waals surface area contributed by atoms with E-state index in [0.29, 0.717) is 22.6 Å². The lowest BCUT2D eigenvalue weighted by molar-refractivity contribution is 0.0940. The van der Waals surface area contributed by atoms with E-state index in [2.05, 4.69) is 10.0 Å². The fraction of sp³-hybridized carbons (Fsp3) is 0.208. The van der Waals surface area contributed by atoms with Gasteiger partial charge in [-0.1, -0.05) is 30.3 Å². The highest BCUT2D eigenvalue weighted by molar-refractivity contribution is 7.92. The first-order valence-corrected chi connectivity index (χ1v) is 11.3. The molecular weight excluding hydrogens is 412 g/mol. The van der Waals surface area contributed by atoms with E-state index in [9.17, 15) is 13.2 Å². The van der Waals surface area contributed by atoms with Crippen LogP contribution >= 0.6 is 0 Å².